The van der Waals surface area contributed by atoms with Crippen LogP contribution in [0.25, 0.3) is 0 Å². The summed E-state index contributed by atoms with van der Waals surface area (Å²) < 4.78 is 0. The van der Waals surface area contributed by atoms with E-state index in [1.807, 2.05) is 36.4 Å². The normalized spacial score (nSPS) is 13.2. The molecule has 0 aromatic heterocycles. The highest BCUT2D eigenvalue weighted by atomic mass is 35.5. The maximum Gasteiger partial charge on any atom is 0.0914 e. The van der Waals surface area contributed by atoms with E-state index in [1.165, 1.54) is 5.56 Å². The predicted molar refractivity (Wildman–Crippen MR) is 90.9 cm³/mol. The van der Waals surface area contributed by atoms with Crippen LogP contribution in [0.2, 0.25) is 0 Å². The van der Waals surface area contributed by atoms with E-state index in [0.29, 0.717) is 12.6 Å². The van der Waals surface area contributed by atoms with Gasteiger partial charge < -0.3 is 10.4 Å². The van der Waals surface area contributed by atoms with E-state index in [0.717, 1.165) is 18.4 Å². The SMILES string of the molecule is C[C@H](CCc1ccccc1)NCC(O)c1ccccc1.Cl. The van der Waals surface area contributed by atoms with Crippen molar-refractivity contribution in [2.24, 2.45) is 0 Å². The maximum atomic E-state index is 10.1. The fourth-order valence-electron chi connectivity index (χ4n) is 2.24. The molecule has 114 valence electrons. The Kier molecular flexibility index (Phi) is 8.06. The monoisotopic (exact) mass is 305 g/mol. The summed E-state index contributed by atoms with van der Waals surface area (Å²) in [7, 11) is 0. The molecule has 0 saturated heterocycles. The minimum absolute atomic E-state index is 0. The summed E-state index contributed by atoms with van der Waals surface area (Å²) in [5.74, 6) is 0. The molecule has 0 fully saturated rings. The quantitative estimate of drug-likeness (QED) is 0.816. The topological polar surface area (TPSA) is 32.3 Å². The summed E-state index contributed by atoms with van der Waals surface area (Å²) in [5.41, 5.74) is 2.33. The van der Waals surface area contributed by atoms with Crippen molar-refractivity contribution in [1.29, 1.82) is 0 Å². The number of aryl methyl sites for hydroxylation is 1. The highest BCUT2D eigenvalue weighted by molar-refractivity contribution is 5.85. The molecule has 2 aromatic rings. The standard InChI is InChI=1S/C18H23NO.ClH/c1-15(12-13-16-8-4-2-5-9-16)19-14-18(20)17-10-6-3-7-11-17;/h2-11,15,18-20H,12-14H2,1H3;1H/t15-,18?;/m1./s1. The zero-order valence-corrected chi connectivity index (χ0v) is 13.2. The van der Waals surface area contributed by atoms with Gasteiger partial charge in [-0.1, -0.05) is 60.7 Å². The van der Waals surface area contributed by atoms with Crippen LogP contribution in [0.3, 0.4) is 0 Å². The molecule has 0 aliphatic carbocycles. The maximum absolute atomic E-state index is 10.1. The van der Waals surface area contributed by atoms with E-state index in [-0.39, 0.29) is 12.4 Å². The van der Waals surface area contributed by atoms with Crippen LogP contribution in [0.4, 0.5) is 0 Å². The van der Waals surface area contributed by atoms with Gasteiger partial charge in [0, 0.05) is 12.6 Å². The van der Waals surface area contributed by atoms with Gasteiger partial charge in [-0.15, -0.1) is 12.4 Å². The number of aliphatic hydroxyl groups is 1. The van der Waals surface area contributed by atoms with Crippen LogP contribution in [0.15, 0.2) is 60.7 Å². The summed E-state index contributed by atoms with van der Waals surface area (Å²) in [6.07, 6.45) is 1.71. The van der Waals surface area contributed by atoms with Crippen LogP contribution in [0.5, 0.6) is 0 Å². The van der Waals surface area contributed by atoms with Crippen LogP contribution >= 0.6 is 12.4 Å². The summed E-state index contributed by atoms with van der Waals surface area (Å²) in [5, 5.41) is 13.5. The Labute approximate surface area is 133 Å². The molecule has 0 aliphatic rings. The van der Waals surface area contributed by atoms with Crippen molar-refractivity contribution in [2.45, 2.75) is 31.9 Å². The number of hydrogen-bond donors (Lipinski definition) is 2. The summed E-state index contributed by atoms with van der Waals surface area (Å²) in [6.45, 7) is 2.76. The summed E-state index contributed by atoms with van der Waals surface area (Å²) in [4.78, 5) is 0. The fraction of sp³-hybridized carbons (Fsp3) is 0.333. The third-order valence-corrected chi connectivity index (χ3v) is 3.55. The largest absolute Gasteiger partial charge is 0.387 e. The van der Waals surface area contributed by atoms with E-state index in [9.17, 15) is 5.11 Å². The van der Waals surface area contributed by atoms with Gasteiger partial charge in [-0.2, -0.15) is 0 Å². The molecule has 0 heterocycles. The number of hydrogen-bond acceptors (Lipinski definition) is 2. The highest BCUT2D eigenvalue weighted by Crippen LogP contribution is 2.11. The van der Waals surface area contributed by atoms with Gasteiger partial charge in [0.2, 0.25) is 0 Å². The molecule has 2 N–H and O–H groups in total. The first-order valence-corrected chi connectivity index (χ1v) is 7.26. The van der Waals surface area contributed by atoms with Crippen LogP contribution in [-0.2, 0) is 6.42 Å². The van der Waals surface area contributed by atoms with Crippen molar-refractivity contribution in [3.63, 3.8) is 0 Å². The molecule has 0 aliphatic heterocycles. The summed E-state index contributed by atoms with van der Waals surface area (Å²) in [6, 6.07) is 20.7. The van der Waals surface area contributed by atoms with E-state index in [1.54, 1.807) is 0 Å². The average Bonchev–Trinajstić information content (AvgIpc) is 2.52. The zero-order chi connectivity index (χ0) is 14.2. The number of rotatable bonds is 7. The van der Waals surface area contributed by atoms with Crippen molar-refractivity contribution in [3.8, 4) is 0 Å². The lowest BCUT2D eigenvalue weighted by Crippen LogP contribution is -2.30. The molecule has 2 aromatic carbocycles. The van der Waals surface area contributed by atoms with E-state index >= 15 is 0 Å². The van der Waals surface area contributed by atoms with Crippen LogP contribution in [0, 0.1) is 0 Å². The van der Waals surface area contributed by atoms with Gasteiger partial charge in [-0.05, 0) is 30.9 Å². The number of benzene rings is 2. The van der Waals surface area contributed by atoms with Gasteiger partial charge in [0.05, 0.1) is 6.10 Å². The average molecular weight is 306 g/mol. The lowest BCUT2D eigenvalue weighted by Gasteiger charge is -2.17. The van der Waals surface area contributed by atoms with E-state index in [2.05, 4.69) is 36.5 Å². The molecule has 1 unspecified atom stereocenters. The Morgan fingerprint density at radius 2 is 1.52 bits per heavy atom. The second-order valence-corrected chi connectivity index (χ2v) is 5.26. The Bertz CT molecular complexity index is 489. The Balaban J connectivity index is 0.00000220. The van der Waals surface area contributed by atoms with Gasteiger partial charge in [0.1, 0.15) is 0 Å². The van der Waals surface area contributed by atoms with Crippen LogP contribution in [0.1, 0.15) is 30.6 Å². The predicted octanol–water partition coefficient (Wildman–Crippen LogP) is 3.75. The van der Waals surface area contributed by atoms with E-state index in [4.69, 9.17) is 0 Å². The second-order valence-electron chi connectivity index (χ2n) is 5.26. The second kappa shape index (κ2) is 9.56. The van der Waals surface area contributed by atoms with Gasteiger partial charge in [0.15, 0.2) is 0 Å². The number of halogens is 1. The molecular formula is C18H24ClNO. The Morgan fingerprint density at radius 3 is 2.14 bits per heavy atom. The fourth-order valence-corrected chi connectivity index (χ4v) is 2.24. The zero-order valence-electron chi connectivity index (χ0n) is 12.4. The molecule has 2 rings (SSSR count). The van der Waals surface area contributed by atoms with Gasteiger partial charge in [-0.25, -0.2) is 0 Å². The van der Waals surface area contributed by atoms with Gasteiger partial charge >= 0.3 is 0 Å². The van der Waals surface area contributed by atoms with Crippen molar-refractivity contribution in [2.75, 3.05) is 6.54 Å². The molecular weight excluding hydrogens is 282 g/mol. The highest BCUT2D eigenvalue weighted by Gasteiger charge is 2.08. The van der Waals surface area contributed by atoms with Gasteiger partial charge in [-0.3, -0.25) is 0 Å². The van der Waals surface area contributed by atoms with E-state index < -0.39 is 6.10 Å². The first kappa shape index (κ1) is 17.7. The molecule has 2 nitrogen and oxygen atoms in total. The number of aliphatic hydroxyl groups excluding tert-OH is 1. The van der Waals surface area contributed by atoms with Crippen molar-refractivity contribution in [1.82, 2.24) is 5.32 Å². The lowest BCUT2D eigenvalue weighted by atomic mass is 10.1. The minimum Gasteiger partial charge on any atom is -0.387 e. The Hall–Kier alpha value is -1.35. The lowest BCUT2D eigenvalue weighted by molar-refractivity contribution is 0.170. The molecule has 0 saturated carbocycles. The smallest absolute Gasteiger partial charge is 0.0914 e. The van der Waals surface area contributed by atoms with Crippen LogP contribution < -0.4 is 5.32 Å². The van der Waals surface area contributed by atoms with Gasteiger partial charge in [0.25, 0.3) is 0 Å². The molecule has 0 bridgehead atoms. The van der Waals surface area contributed by atoms with Crippen molar-refractivity contribution >= 4 is 12.4 Å². The molecule has 3 heteroatoms. The van der Waals surface area contributed by atoms with Crippen molar-refractivity contribution in [3.05, 3.63) is 71.8 Å². The molecule has 0 radical (unpaired) electrons. The molecule has 0 spiro atoms. The Morgan fingerprint density at radius 1 is 0.952 bits per heavy atom. The minimum atomic E-state index is -0.435. The van der Waals surface area contributed by atoms with Crippen LogP contribution in [-0.4, -0.2) is 17.7 Å². The first-order valence-electron chi connectivity index (χ1n) is 7.26. The number of nitrogens with one attached hydrogen (secondary N) is 1. The molecule has 2 atom stereocenters. The molecule has 21 heavy (non-hydrogen) atoms. The molecule has 0 amide bonds. The third kappa shape index (κ3) is 6.30. The summed E-state index contributed by atoms with van der Waals surface area (Å²) >= 11 is 0. The third-order valence-electron chi connectivity index (χ3n) is 3.55. The first-order chi connectivity index (χ1) is 9.75. The van der Waals surface area contributed by atoms with Crippen molar-refractivity contribution < 1.29 is 5.11 Å².